The molecule has 1 aromatic rings. The molecule has 0 unspecified atom stereocenters. The molecule has 1 saturated heterocycles. The zero-order valence-electron chi connectivity index (χ0n) is 9.82. The Morgan fingerprint density at radius 3 is 3.18 bits per heavy atom. The van der Waals surface area contributed by atoms with Crippen LogP contribution in [0.4, 0.5) is 0 Å². The summed E-state index contributed by atoms with van der Waals surface area (Å²) < 4.78 is 0. The second-order valence-corrected chi connectivity index (χ2v) is 4.72. The third kappa shape index (κ3) is 2.96. The lowest BCUT2D eigenvalue weighted by Crippen LogP contribution is -2.41. The molecule has 0 spiro atoms. The maximum Gasteiger partial charge on any atom is 0.239 e. The Bertz CT molecular complexity index is 404. The number of carbonyl (C=O) groups excluding carboxylic acids is 1. The third-order valence-corrected chi connectivity index (χ3v) is 3.34. The van der Waals surface area contributed by atoms with Gasteiger partial charge in [0.05, 0.1) is 11.1 Å². The average molecular weight is 254 g/mol. The molecule has 0 bridgehead atoms. The first-order chi connectivity index (χ1) is 8.18. The molecule has 5 heteroatoms. The van der Waals surface area contributed by atoms with Crippen LogP contribution in [-0.2, 0) is 11.3 Å². The number of hydrogen-bond acceptors (Lipinski definition) is 3. The zero-order chi connectivity index (χ0) is 12.3. The molecule has 4 nitrogen and oxygen atoms in total. The minimum atomic E-state index is -0.0272. The smallest absolute Gasteiger partial charge is 0.239 e. The van der Waals surface area contributed by atoms with Crippen LogP contribution in [-0.4, -0.2) is 35.4 Å². The van der Waals surface area contributed by atoms with Crippen molar-refractivity contribution in [2.24, 2.45) is 0 Å². The van der Waals surface area contributed by atoms with E-state index in [4.69, 9.17) is 11.6 Å². The maximum absolute atomic E-state index is 12.1. The zero-order valence-corrected chi connectivity index (χ0v) is 10.6. The number of aromatic nitrogens is 1. The summed E-state index contributed by atoms with van der Waals surface area (Å²) in [5.74, 6) is 0.135. The van der Waals surface area contributed by atoms with E-state index in [1.165, 1.54) is 0 Å². The van der Waals surface area contributed by atoms with Gasteiger partial charge in [-0.2, -0.15) is 0 Å². The van der Waals surface area contributed by atoms with Crippen molar-refractivity contribution in [2.45, 2.75) is 25.4 Å². The molecule has 1 aliphatic heterocycles. The van der Waals surface area contributed by atoms with E-state index < -0.39 is 0 Å². The van der Waals surface area contributed by atoms with Crippen molar-refractivity contribution < 1.29 is 4.79 Å². The van der Waals surface area contributed by atoms with Gasteiger partial charge >= 0.3 is 0 Å². The normalized spacial score (nSPS) is 19.3. The lowest BCUT2D eigenvalue weighted by molar-refractivity contribution is -0.132. The number of rotatable bonds is 3. The van der Waals surface area contributed by atoms with Crippen molar-refractivity contribution in [3.8, 4) is 0 Å². The molecule has 92 valence electrons. The first-order valence-electron chi connectivity index (χ1n) is 5.75. The van der Waals surface area contributed by atoms with Crippen molar-refractivity contribution >= 4 is 17.5 Å². The van der Waals surface area contributed by atoms with E-state index >= 15 is 0 Å². The molecular weight excluding hydrogens is 238 g/mol. The summed E-state index contributed by atoms with van der Waals surface area (Å²) in [4.78, 5) is 17.7. The fraction of sp³-hybridized carbons (Fsp3) is 0.500. The fourth-order valence-electron chi connectivity index (χ4n) is 2.03. The number of halogens is 1. The van der Waals surface area contributed by atoms with E-state index in [2.05, 4.69) is 10.3 Å². The molecule has 1 atom stereocenters. The molecule has 0 radical (unpaired) electrons. The van der Waals surface area contributed by atoms with Gasteiger partial charge in [-0.05, 0) is 31.0 Å². The van der Waals surface area contributed by atoms with Crippen molar-refractivity contribution in [2.75, 3.05) is 13.6 Å². The van der Waals surface area contributed by atoms with Gasteiger partial charge in [0.15, 0.2) is 0 Å². The Morgan fingerprint density at radius 1 is 1.71 bits per heavy atom. The summed E-state index contributed by atoms with van der Waals surface area (Å²) in [6.07, 6.45) is 5.28. The van der Waals surface area contributed by atoms with Gasteiger partial charge in [-0.3, -0.25) is 9.78 Å². The topological polar surface area (TPSA) is 45.2 Å². The van der Waals surface area contributed by atoms with Crippen molar-refractivity contribution in [1.29, 1.82) is 0 Å². The van der Waals surface area contributed by atoms with E-state index in [-0.39, 0.29) is 11.9 Å². The largest absolute Gasteiger partial charge is 0.340 e. The predicted octanol–water partition coefficient (Wildman–Crippen LogP) is 1.45. The lowest BCUT2D eigenvalue weighted by atomic mass is 10.2. The summed E-state index contributed by atoms with van der Waals surface area (Å²) in [7, 11) is 1.80. The average Bonchev–Trinajstić information content (AvgIpc) is 2.84. The number of carbonyl (C=O) groups is 1. The van der Waals surface area contributed by atoms with Gasteiger partial charge in [0.1, 0.15) is 0 Å². The number of pyridine rings is 1. The Morgan fingerprint density at radius 2 is 2.53 bits per heavy atom. The monoisotopic (exact) mass is 253 g/mol. The molecule has 1 aliphatic rings. The molecule has 0 saturated carbocycles. The van der Waals surface area contributed by atoms with Crippen molar-refractivity contribution in [3.63, 3.8) is 0 Å². The fourth-order valence-corrected chi connectivity index (χ4v) is 2.21. The Hall–Kier alpha value is -1.13. The van der Waals surface area contributed by atoms with Crippen LogP contribution < -0.4 is 5.32 Å². The van der Waals surface area contributed by atoms with Crippen LogP contribution in [0.1, 0.15) is 18.4 Å². The summed E-state index contributed by atoms with van der Waals surface area (Å²) in [6.45, 7) is 1.46. The standard InChI is InChI=1S/C12H16ClN3O/c1-16(12(17)11-3-2-5-15-11)8-9-4-6-14-7-10(9)13/h4,6-7,11,15H,2-3,5,8H2,1H3/t11-/m0/s1. The van der Waals surface area contributed by atoms with E-state index in [1.54, 1.807) is 24.3 Å². The molecule has 1 amide bonds. The highest BCUT2D eigenvalue weighted by atomic mass is 35.5. The van der Waals surface area contributed by atoms with Crippen LogP contribution in [0.2, 0.25) is 5.02 Å². The third-order valence-electron chi connectivity index (χ3n) is 3.00. The number of hydrogen-bond donors (Lipinski definition) is 1. The highest BCUT2D eigenvalue weighted by Crippen LogP contribution is 2.16. The van der Waals surface area contributed by atoms with E-state index in [0.717, 1.165) is 24.9 Å². The summed E-state index contributed by atoms with van der Waals surface area (Å²) in [6, 6.07) is 1.81. The molecule has 2 heterocycles. The molecule has 0 aromatic carbocycles. The second kappa shape index (κ2) is 5.47. The van der Waals surface area contributed by atoms with Gasteiger partial charge in [0, 0.05) is 26.0 Å². The van der Waals surface area contributed by atoms with Gasteiger partial charge < -0.3 is 10.2 Å². The Balaban J connectivity index is 1.99. The first kappa shape index (κ1) is 12.3. The number of likely N-dealkylation sites (N-methyl/N-ethyl adjacent to an activating group) is 1. The van der Waals surface area contributed by atoms with Crippen LogP contribution in [0, 0.1) is 0 Å². The number of nitrogens with zero attached hydrogens (tertiary/aromatic N) is 2. The van der Waals surface area contributed by atoms with Crippen LogP contribution in [0.25, 0.3) is 0 Å². The molecule has 1 fully saturated rings. The van der Waals surface area contributed by atoms with Gasteiger partial charge in [-0.15, -0.1) is 0 Å². The summed E-state index contributed by atoms with van der Waals surface area (Å²) in [5, 5.41) is 3.80. The lowest BCUT2D eigenvalue weighted by Gasteiger charge is -2.21. The molecule has 0 aliphatic carbocycles. The van der Waals surface area contributed by atoms with Gasteiger partial charge in [0.2, 0.25) is 5.91 Å². The second-order valence-electron chi connectivity index (χ2n) is 4.31. The summed E-state index contributed by atoms with van der Waals surface area (Å²) >= 11 is 6.02. The summed E-state index contributed by atoms with van der Waals surface area (Å²) in [5.41, 5.74) is 0.926. The Labute approximate surface area is 106 Å². The highest BCUT2D eigenvalue weighted by Gasteiger charge is 2.25. The van der Waals surface area contributed by atoms with E-state index in [1.807, 2.05) is 6.07 Å². The minimum absolute atomic E-state index is 0.0272. The molecular formula is C12H16ClN3O. The van der Waals surface area contributed by atoms with Gasteiger partial charge in [-0.25, -0.2) is 0 Å². The minimum Gasteiger partial charge on any atom is -0.340 e. The van der Waals surface area contributed by atoms with Crippen LogP contribution in [0.15, 0.2) is 18.5 Å². The first-order valence-corrected chi connectivity index (χ1v) is 6.13. The predicted molar refractivity (Wildman–Crippen MR) is 66.7 cm³/mol. The van der Waals surface area contributed by atoms with Crippen molar-refractivity contribution in [3.05, 3.63) is 29.0 Å². The van der Waals surface area contributed by atoms with E-state index in [9.17, 15) is 4.79 Å². The molecule has 1 N–H and O–H groups in total. The van der Waals surface area contributed by atoms with Crippen LogP contribution in [0.3, 0.4) is 0 Å². The maximum atomic E-state index is 12.1. The molecule has 17 heavy (non-hydrogen) atoms. The number of nitrogens with one attached hydrogen (secondary N) is 1. The number of amides is 1. The highest BCUT2D eigenvalue weighted by molar-refractivity contribution is 6.31. The molecule has 1 aromatic heterocycles. The SMILES string of the molecule is CN(Cc1ccncc1Cl)C(=O)[C@@H]1CCCN1. The quantitative estimate of drug-likeness (QED) is 0.887. The van der Waals surface area contributed by atoms with Crippen LogP contribution in [0.5, 0.6) is 0 Å². The van der Waals surface area contributed by atoms with Crippen molar-refractivity contribution in [1.82, 2.24) is 15.2 Å². The van der Waals surface area contributed by atoms with Gasteiger partial charge in [0.25, 0.3) is 0 Å². The van der Waals surface area contributed by atoms with Crippen LogP contribution >= 0.6 is 11.6 Å². The Kier molecular flexibility index (Phi) is 3.97. The molecule has 2 rings (SSSR count). The van der Waals surface area contributed by atoms with Gasteiger partial charge in [-0.1, -0.05) is 11.6 Å². The van der Waals surface area contributed by atoms with E-state index in [0.29, 0.717) is 11.6 Å².